The van der Waals surface area contributed by atoms with Crippen LogP contribution in [0.3, 0.4) is 0 Å². The Morgan fingerprint density at radius 1 is 1.28 bits per heavy atom. The molecule has 0 aliphatic heterocycles. The lowest BCUT2D eigenvalue weighted by atomic mass is 9.98. The number of nitrogens with two attached hydrogens (primary N) is 1. The molecule has 0 fully saturated rings. The zero-order valence-electron chi connectivity index (χ0n) is 13.3. The molecular weight excluding hydrogens is 360 g/mol. The number of aromatic nitrogens is 1. The van der Waals surface area contributed by atoms with E-state index in [9.17, 15) is 13.8 Å². The first-order chi connectivity index (χ1) is 11.8. The fourth-order valence-corrected chi connectivity index (χ4v) is 4.98. The second kappa shape index (κ2) is 5.72. The molecule has 1 amide bonds. The van der Waals surface area contributed by atoms with E-state index in [1.54, 1.807) is 0 Å². The van der Waals surface area contributed by atoms with E-state index < -0.39 is 15.8 Å². The summed E-state index contributed by atoms with van der Waals surface area (Å²) in [5.41, 5.74) is 4.57. The molecule has 2 aliphatic carbocycles. The zero-order valence-corrected chi connectivity index (χ0v) is 14.9. The van der Waals surface area contributed by atoms with Crippen molar-refractivity contribution in [1.82, 2.24) is 4.98 Å². The Bertz CT molecular complexity index is 1020. The van der Waals surface area contributed by atoms with Crippen LogP contribution in [0.25, 0.3) is 0 Å². The number of amides is 1. The molecule has 0 bridgehead atoms. The van der Waals surface area contributed by atoms with E-state index in [0.29, 0.717) is 18.4 Å². The summed E-state index contributed by atoms with van der Waals surface area (Å²) >= 11 is 0.856. The Kier molecular flexibility index (Phi) is 3.75. The maximum Gasteiger partial charge on any atom is 0.284 e. The molecule has 1 heterocycles. The predicted octanol–water partition coefficient (Wildman–Crippen LogP) is 2.29. The van der Waals surface area contributed by atoms with Gasteiger partial charge >= 0.3 is 0 Å². The van der Waals surface area contributed by atoms with Crippen molar-refractivity contribution in [3.05, 3.63) is 39.5 Å². The summed E-state index contributed by atoms with van der Waals surface area (Å²) in [5, 5.41) is 8.29. The molecule has 1 aromatic carbocycles. The van der Waals surface area contributed by atoms with Crippen molar-refractivity contribution in [3.63, 3.8) is 0 Å². The molecule has 130 valence electrons. The van der Waals surface area contributed by atoms with Crippen LogP contribution in [0.2, 0.25) is 0 Å². The van der Waals surface area contributed by atoms with Crippen molar-refractivity contribution < 1.29 is 13.8 Å². The lowest BCUT2D eigenvalue weighted by molar-refractivity contribution is 0.0992. The molecule has 25 heavy (non-hydrogen) atoms. The third kappa shape index (κ3) is 2.78. The summed E-state index contributed by atoms with van der Waals surface area (Å²) in [6, 6.07) is 1.98. The van der Waals surface area contributed by atoms with Crippen LogP contribution in [0.4, 0.5) is 5.69 Å². The van der Waals surface area contributed by atoms with Crippen molar-refractivity contribution in [2.75, 3.05) is 5.32 Å². The van der Waals surface area contributed by atoms with Gasteiger partial charge in [-0.25, -0.2) is 19.1 Å². The number of aryl methyl sites for hydroxylation is 1. The molecule has 1 aromatic heterocycles. The Hall–Kier alpha value is -2.10. The van der Waals surface area contributed by atoms with Gasteiger partial charge in [-0.2, -0.15) is 0 Å². The summed E-state index contributed by atoms with van der Waals surface area (Å²) in [7, 11) is -3.38. The molecule has 7 nitrogen and oxygen atoms in total. The van der Waals surface area contributed by atoms with Crippen LogP contribution in [0.15, 0.2) is 16.5 Å². The number of Topliss-reactive ketones (excluding diaryl/α,β-unsaturated/α-hetero) is 1. The number of fused-ring (bicyclic) bond motifs is 2. The van der Waals surface area contributed by atoms with Crippen LogP contribution in [0.1, 0.15) is 49.7 Å². The van der Waals surface area contributed by atoms with Gasteiger partial charge in [-0.05, 0) is 48.4 Å². The summed E-state index contributed by atoms with van der Waals surface area (Å²) in [6.45, 7) is 0. The Morgan fingerprint density at radius 2 is 2.08 bits per heavy atom. The number of nitrogens with one attached hydrogen (secondary N) is 2. The normalized spacial score (nSPS) is 17.9. The summed E-state index contributed by atoms with van der Waals surface area (Å²) < 4.78 is 19.0. The molecule has 2 aliphatic rings. The molecule has 0 spiro atoms. The topological polar surface area (TPSA) is 126 Å². The van der Waals surface area contributed by atoms with Crippen molar-refractivity contribution in [3.8, 4) is 0 Å². The maximum atomic E-state index is 12.6. The Balaban J connectivity index is 1.72. The molecule has 1 unspecified atom stereocenters. The number of thiazole rings is 1. The fraction of sp³-hybridized carbons (Fsp3) is 0.312. The third-order valence-corrected chi connectivity index (χ3v) is 7.11. The van der Waals surface area contributed by atoms with Crippen molar-refractivity contribution in [1.29, 1.82) is 4.78 Å². The van der Waals surface area contributed by atoms with Crippen LogP contribution >= 0.6 is 11.3 Å². The summed E-state index contributed by atoms with van der Waals surface area (Å²) in [6.07, 6.45) is 5.09. The second-order valence-electron chi connectivity index (χ2n) is 6.23. The lowest BCUT2D eigenvalue weighted by Crippen LogP contribution is -2.15. The van der Waals surface area contributed by atoms with Gasteiger partial charge in [-0.3, -0.25) is 9.59 Å². The highest BCUT2D eigenvalue weighted by atomic mass is 32.2. The van der Waals surface area contributed by atoms with E-state index in [-0.39, 0.29) is 15.0 Å². The monoisotopic (exact) mass is 376 g/mol. The minimum absolute atomic E-state index is 0.0661. The van der Waals surface area contributed by atoms with Crippen molar-refractivity contribution >= 4 is 38.6 Å². The molecule has 9 heteroatoms. The van der Waals surface area contributed by atoms with E-state index >= 15 is 0 Å². The third-order valence-electron chi connectivity index (χ3n) is 4.63. The number of anilines is 1. The van der Waals surface area contributed by atoms with Gasteiger partial charge in [0, 0.05) is 17.7 Å². The molecule has 4 N–H and O–H groups in total. The van der Waals surface area contributed by atoms with Crippen molar-refractivity contribution in [2.24, 2.45) is 5.14 Å². The first-order valence-corrected chi connectivity index (χ1v) is 10.3. The van der Waals surface area contributed by atoms with Gasteiger partial charge in [0.15, 0.2) is 10.8 Å². The van der Waals surface area contributed by atoms with Crippen LogP contribution in [0.5, 0.6) is 0 Å². The average Bonchev–Trinajstić information content (AvgIpc) is 3.26. The number of hydrogen-bond donors (Lipinski definition) is 3. The smallest absolute Gasteiger partial charge is 0.284 e. The number of ketones is 1. The highest BCUT2D eigenvalue weighted by Gasteiger charge is 2.29. The summed E-state index contributed by atoms with van der Waals surface area (Å²) in [5.74, 6) is -0.310. The second-order valence-corrected chi connectivity index (χ2v) is 9.16. The van der Waals surface area contributed by atoms with Gasteiger partial charge in [0.05, 0.1) is 6.20 Å². The maximum absolute atomic E-state index is 12.6. The molecular formula is C16H16N4O3S2. The minimum atomic E-state index is -3.38. The largest absolute Gasteiger partial charge is 0.319 e. The number of carbonyl (C=O) groups is 2. The predicted molar refractivity (Wildman–Crippen MR) is 94.5 cm³/mol. The van der Waals surface area contributed by atoms with Gasteiger partial charge in [0.2, 0.25) is 0 Å². The minimum Gasteiger partial charge on any atom is -0.319 e. The molecule has 1 atom stereocenters. The molecule has 0 saturated heterocycles. The Labute approximate surface area is 148 Å². The number of carbonyl (C=O) groups excluding carboxylic acids is 2. The number of hydrogen-bond acceptors (Lipinski definition) is 6. The van der Waals surface area contributed by atoms with Gasteiger partial charge in [0.1, 0.15) is 14.1 Å². The average molecular weight is 376 g/mol. The lowest BCUT2D eigenvalue weighted by Gasteiger charge is -2.14. The Morgan fingerprint density at radius 3 is 2.80 bits per heavy atom. The van der Waals surface area contributed by atoms with E-state index in [1.165, 1.54) is 6.20 Å². The first kappa shape index (κ1) is 16.4. The molecule has 4 rings (SSSR count). The summed E-state index contributed by atoms with van der Waals surface area (Å²) in [4.78, 5) is 28.6. The van der Waals surface area contributed by atoms with Crippen molar-refractivity contribution in [2.45, 2.75) is 36.3 Å². The standard InChI is InChI=1S/C16H16N4O3S2/c17-25(18,23)13-7-19-16(24-13)15(22)20-14-9-3-1-2-8(9)6-11-10(14)4-5-12(11)21/h6-7H,1-5H2,(H,20,22)(H3,17,18,23). The zero-order chi connectivity index (χ0) is 17.8. The number of nitrogens with zero attached hydrogens (tertiary/aromatic N) is 1. The van der Waals surface area contributed by atoms with E-state index in [4.69, 9.17) is 9.92 Å². The first-order valence-electron chi connectivity index (χ1n) is 7.89. The highest BCUT2D eigenvalue weighted by molar-refractivity contribution is 7.92. The number of benzene rings is 1. The quantitative estimate of drug-likeness (QED) is 0.759. The van der Waals surface area contributed by atoms with E-state index in [1.807, 2.05) is 6.07 Å². The van der Waals surface area contributed by atoms with Gasteiger partial charge in [0.25, 0.3) is 5.91 Å². The van der Waals surface area contributed by atoms with Crippen LogP contribution in [-0.4, -0.2) is 20.9 Å². The van der Waals surface area contributed by atoms with Gasteiger partial charge in [-0.15, -0.1) is 0 Å². The van der Waals surface area contributed by atoms with E-state index in [0.717, 1.165) is 53.0 Å². The fourth-order valence-electron chi connectivity index (χ4n) is 3.49. The SMILES string of the molecule is N=S(N)(=O)c1cnc(C(=O)Nc2c3c(cc4c2CCC4=O)CCC3)s1. The van der Waals surface area contributed by atoms with Gasteiger partial charge in [-0.1, -0.05) is 11.3 Å². The molecule has 2 aromatic rings. The molecule has 0 saturated carbocycles. The van der Waals surface area contributed by atoms with Crippen LogP contribution in [0, 0.1) is 4.78 Å². The number of rotatable bonds is 3. The van der Waals surface area contributed by atoms with Gasteiger partial charge < -0.3 is 5.32 Å². The van der Waals surface area contributed by atoms with Crippen LogP contribution < -0.4 is 10.5 Å². The molecule has 0 radical (unpaired) electrons. The highest BCUT2D eigenvalue weighted by Crippen LogP contribution is 2.38. The van der Waals surface area contributed by atoms with Crippen LogP contribution in [-0.2, 0) is 29.2 Å². The van der Waals surface area contributed by atoms with E-state index in [2.05, 4.69) is 10.3 Å².